The number of nitrogens with zero attached hydrogens (tertiary/aromatic N) is 2. The number of nitrogens with two attached hydrogens (primary N) is 1. The van der Waals surface area contributed by atoms with Gasteiger partial charge in [0.25, 0.3) is 0 Å². The molecule has 1 aliphatic rings. The minimum atomic E-state index is -3.53. The molecule has 1 unspecified atom stereocenters. The van der Waals surface area contributed by atoms with Crippen LogP contribution in [0.15, 0.2) is 23.1 Å². The second-order valence-electron chi connectivity index (χ2n) is 5.07. The fourth-order valence-electron chi connectivity index (χ4n) is 2.37. The van der Waals surface area contributed by atoms with Gasteiger partial charge in [-0.25, -0.2) is 12.7 Å². The summed E-state index contributed by atoms with van der Waals surface area (Å²) in [7, 11) is 1.15. The molecule has 0 saturated carbocycles. The Morgan fingerprint density at radius 2 is 2.10 bits per heavy atom. The molecule has 0 spiro atoms. The average molecular weight is 299 g/mol. The quantitative estimate of drug-likeness (QED) is 0.830. The van der Waals surface area contributed by atoms with E-state index >= 15 is 0 Å². The second-order valence-corrected chi connectivity index (χ2v) is 7.19. The van der Waals surface area contributed by atoms with Crippen LogP contribution in [0.25, 0.3) is 0 Å². The van der Waals surface area contributed by atoms with Crippen LogP contribution in [-0.2, 0) is 14.8 Å². The molecule has 2 N–H and O–H groups in total. The molecule has 1 heterocycles. The highest BCUT2D eigenvalue weighted by molar-refractivity contribution is 7.89. The number of anilines is 2. The number of hydrogen-bond acceptors (Lipinski definition) is 5. The molecule has 0 aromatic heterocycles. The standard InChI is InChI=1S/C13H21N3O3S/c1-15(2)20(17,18)12-6-4-5-11(13(12)14)16-8-7-10(9-16)19-3/h4-6,10H,7-9,14H2,1-3H3. The maximum atomic E-state index is 12.2. The Kier molecular flexibility index (Phi) is 4.22. The molecule has 7 heteroatoms. The van der Waals surface area contributed by atoms with Crippen molar-refractivity contribution in [2.45, 2.75) is 17.4 Å². The summed E-state index contributed by atoms with van der Waals surface area (Å²) >= 11 is 0. The summed E-state index contributed by atoms with van der Waals surface area (Å²) in [5.74, 6) is 0. The highest BCUT2D eigenvalue weighted by Gasteiger charge is 2.27. The molecule has 0 amide bonds. The Morgan fingerprint density at radius 3 is 2.65 bits per heavy atom. The van der Waals surface area contributed by atoms with Crippen LogP contribution in [-0.4, -0.2) is 53.1 Å². The van der Waals surface area contributed by atoms with Gasteiger partial charge in [-0.3, -0.25) is 0 Å². The van der Waals surface area contributed by atoms with Crippen molar-refractivity contribution in [3.8, 4) is 0 Å². The first-order valence-electron chi connectivity index (χ1n) is 6.46. The van der Waals surface area contributed by atoms with E-state index in [9.17, 15) is 8.42 Å². The van der Waals surface area contributed by atoms with Gasteiger partial charge in [-0.05, 0) is 18.6 Å². The Labute approximate surface area is 120 Å². The SMILES string of the molecule is COC1CCN(c2cccc(S(=O)(=O)N(C)C)c2N)C1. The molecule has 0 radical (unpaired) electrons. The molecule has 20 heavy (non-hydrogen) atoms. The Bertz CT molecular complexity index is 587. The molecule has 112 valence electrons. The van der Waals surface area contributed by atoms with Gasteiger partial charge in [-0.15, -0.1) is 0 Å². The summed E-state index contributed by atoms with van der Waals surface area (Å²) in [5.41, 5.74) is 7.15. The van der Waals surface area contributed by atoms with E-state index in [0.29, 0.717) is 5.69 Å². The minimum Gasteiger partial charge on any atom is -0.396 e. The number of benzene rings is 1. The van der Waals surface area contributed by atoms with Crippen molar-refractivity contribution in [1.82, 2.24) is 4.31 Å². The Balaban J connectivity index is 2.39. The largest absolute Gasteiger partial charge is 0.396 e. The number of sulfonamides is 1. The van der Waals surface area contributed by atoms with Crippen molar-refractivity contribution in [3.63, 3.8) is 0 Å². The van der Waals surface area contributed by atoms with Gasteiger partial charge in [0.15, 0.2) is 0 Å². The lowest BCUT2D eigenvalue weighted by Gasteiger charge is -2.22. The summed E-state index contributed by atoms with van der Waals surface area (Å²) in [6.07, 6.45) is 1.09. The van der Waals surface area contributed by atoms with E-state index in [1.54, 1.807) is 13.2 Å². The van der Waals surface area contributed by atoms with Gasteiger partial charge < -0.3 is 15.4 Å². The van der Waals surface area contributed by atoms with Crippen molar-refractivity contribution in [2.24, 2.45) is 0 Å². The van der Waals surface area contributed by atoms with E-state index < -0.39 is 10.0 Å². The van der Waals surface area contributed by atoms with Crippen LogP contribution in [0.2, 0.25) is 0 Å². The van der Waals surface area contributed by atoms with Crippen molar-refractivity contribution in [1.29, 1.82) is 0 Å². The minimum absolute atomic E-state index is 0.154. The van der Waals surface area contributed by atoms with Crippen molar-refractivity contribution in [2.75, 3.05) is 44.9 Å². The fraction of sp³-hybridized carbons (Fsp3) is 0.538. The zero-order chi connectivity index (χ0) is 14.9. The molecular formula is C13H21N3O3S. The van der Waals surface area contributed by atoms with Gasteiger partial charge in [-0.1, -0.05) is 6.07 Å². The van der Waals surface area contributed by atoms with Gasteiger partial charge in [0.1, 0.15) is 4.90 Å². The predicted octanol–water partition coefficient (Wildman–Crippen LogP) is 0.744. The highest BCUT2D eigenvalue weighted by Crippen LogP contribution is 2.33. The first kappa shape index (κ1) is 15.1. The van der Waals surface area contributed by atoms with Crippen LogP contribution in [0, 0.1) is 0 Å². The van der Waals surface area contributed by atoms with Gasteiger partial charge in [0.05, 0.1) is 17.5 Å². The second kappa shape index (κ2) is 5.59. The molecule has 0 bridgehead atoms. The lowest BCUT2D eigenvalue weighted by atomic mass is 10.2. The summed E-state index contributed by atoms with van der Waals surface area (Å²) < 4.78 is 31.0. The van der Waals surface area contributed by atoms with Gasteiger partial charge >= 0.3 is 0 Å². The van der Waals surface area contributed by atoms with Crippen molar-refractivity contribution >= 4 is 21.4 Å². The normalized spacial score (nSPS) is 19.8. The maximum Gasteiger partial charge on any atom is 0.244 e. The molecule has 6 nitrogen and oxygen atoms in total. The zero-order valence-corrected chi connectivity index (χ0v) is 12.9. The number of nitrogen functional groups attached to an aromatic ring is 1. The third-order valence-electron chi connectivity index (χ3n) is 3.62. The predicted molar refractivity (Wildman–Crippen MR) is 79.4 cm³/mol. The van der Waals surface area contributed by atoms with Crippen LogP contribution in [0.3, 0.4) is 0 Å². The number of hydrogen-bond donors (Lipinski definition) is 1. The summed E-state index contributed by atoms with van der Waals surface area (Å²) in [5, 5.41) is 0. The fourth-order valence-corrected chi connectivity index (χ4v) is 3.40. The molecule has 0 aliphatic carbocycles. The van der Waals surface area contributed by atoms with Crippen LogP contribution in [0.5, 0.6) is 0 Å². The lowest BCUT2D eigenvalue weighted by molar-refractivity contribution is 0.121. The number of methoxy groups -OCH3 is 1. The Hall–Kier alpha value is -1.31. The third-order valence-corrected chi connectivity index (χ3v) is 5.49. The van der Waals surface area contributed by atoms with E-state index in [-0.39, 0.29) is 11.0 Å². The number of ether oxygens (including phenoxy) is 1. The third kappa shape index (κ3) is 2.61. The first-order valence-corrected chi connectivity index (χ1v) is 7.90. The average Bonchev–Trinajstić information content (AvgIpc) is 2.87. The summed E-state index contributed by atoms with van der Waals surface area (Å²) in [4.78, 5) is 2.22. The maximum absolute atomic E-state index is 12.2. The van der Waals surface area contributed by atoms with Crippen LogP contribution >= 0.6 is 0 Å². The summed E-state index contributed by atoms with van der Waals surface area (Å²) in [6.45, 7) is 1.54. The Morgan fingerprint density at radius 1 is 1.40 bits per heavy atom. The monoisotopic (exact) mass is 299 g/mol. The molecule has 2 rings (SSSR count). The van der Waals surface area contributed by atoms with E-state index in [0.717, 1.165) is 25.2 Å². The first-order chi connectivity index (χ1) is 9.37. The van der Waals surface area contributed by atoms with Crippen LogP contribution in [0.4, 0.5) is 11.4 Å². The molecule has 1 aromatic rings. The van der Waals surface area contributed by atoms with Crippen molar-refractivity contribution < 1.29 is 13.2 Å². The lowest BCUT2D eigenvalue weighted by Crippen LogP contribution is -2.26. The van der Waals surface area contributed by atoms with Gasteiger partial charge in [-0.2, -0.15) is 0 Å². The number of para-hydroxylation sites is 1. The molecule has 1 atom stereocenters. The van der Waals surface area contributed by atoms with E-state index in [2.05, 4.69) is 4.90 Å². The highest BCUT2D eigenvalue weighted by atomic mass is 32.2. The molecular weight excluding hydrogens is 278 g/mol. The van der Waals surface area contributed by atoms with Crippen LogP contribution in [0.1, 0.15) is 6.42 Å². The van der Waals surface area contributed by atoms with E-state index in [4.69, 9.17) is 10.5 Å². The molecule has 1 saturated heterocycles. The molecule has 1 aliphatic heterocycles. The van der Waals surface area contributed by atoms with E-state index in [1.165, 1.54) is 24.5 Å². The van der Waals surface area contributed by atoms with Crippen molar-refractivity contribution in [3.05, 3.63) is 18.2 Å². The zero-order valence-electron chi connectivity index (χ0n) is 12.0. The van der Waals surface area contributed by atoms with Gasteiger partial charge in [0, 0.05) is 34.3 Å². The smallest absolute Gasteiger partial charge is 0.244 e. The molecule has 1 fully saturated rings. The topological polar surface area (TPSA) is 75.9 Å². The number of rotatable bonds is 4. The van der Waals surface area contributed by atoms with Gasteiger partial charge in [0.2, 0.25) is 10.0 Å². The van der Waals surface area contributed by atoms with E-state index in [1.807, 2.05) is 6.07 Å². The van der Waals surface area contributed by atoms with Crippen LogP contribution < -0.4 is 10.6 Å². The molecule has 1 aromatic carbocycles. The summed E-state index contributed by atoms with van der Waals surface area (Å²) in [6, 6.07) is 5.11.